The molecule has 2 atom stereocenters. The molecule has 6 heteroatoms. The van der Waals surface area contributed by atoms with Crippen molar-refractivity contribution in [3.63, 3.8) is 0 Å². The number of carbonyl (C=O) groups is 2. The summed E-state index contributed by atoms with van der Waals surface area (Å²) >= 11 is 0. The number of carboxylic acids is 1. The molecule has 2 heterocycles. The van der Waals surface area contributed by atoms with Crippen molar-refractivity contribution >= 4 is 12.3 Å². The van der Waals surface area contributed by atoms with Gasteiger partial charge in [-0.2, -0.15) is 0 Å². The van der Waals surface area contributed by atoms with E-state index in [0.717, 1.165) is 32.0 Å². The summed E-state index contributed by atoms with van der Waals surface area (Å²) in [7, 11) is 0. The van der Waals surface area contributed by atoms with Gasteiger partial charge in [0.1, 0.15) is 0 Å². The van der Waals surface area contributed by atoms with Crippen LogP contribution in [0.25, 0.3) is 0 Å². The molecule has 0 N–H and O–H groups in total. The third-order valence-corrected chi connectivity index (χ3v) is 2.56. The maximum Gasteiger partial charge on any atom is 1.00 e. The molecule has 0 aromatic heterocycles. The number of aldehydes is 1. The second-order valence-electron chi connectivity index (χ2n) is 3.93. The number of carboxylic acid groups (broad SMARTS) is 1. The van der Waals surface area contributed by atoms with Crippen LogP contribution in [0.5, 0.6) is 0 Å². The van der Waals surface area contributed by atoms with Gasteiger partial charge in [-0.3, -0.25) is 4.79 Å². The van der Waals surface area contributed by atoms with Crippen LogP contribution in [-0.2, 0) is 19.1 Å². The van der Waals surface area contributed by atoms with Gasteiger partial charge in [0, 0.05) is 6.61 Å². The summed E-state index contributed by atoms with van der Waals surface area (Å²) in [4.78, 5) is 20.1. The van der Waals surface area contributed by atoms with Crippen molar-refractivity contribution in [3.05, 3.63) is 12.3 Å². The van der Waals surface area contributed by atoms with Gasteiger partial charge >= 0.3 is 29.6 Å². The Bertz CT molecular complexity index is 274. The number of aliphatic carboxylic acids is 1. The third kappa shape index (κ3) is 7.16. The minimum absolute atomic E-state index is 0. The maximum atomic E-state index is 10.1. The second kappa shape index (κ2) is 10.6. The van der Waals surface area contributed by atoms with Gasteiger partial charge in [0.25, 0.3) is 0 Å². The summed E-state index contributed by atoms with van der Waals surface area (Å²) in [5.41, 5.74) is 0. The Morgan fingerprint density at radius 3 is 2.44 bits per heavy atom. The van der Waals surface area contributed by atoms with Gasteiger partial charge in [-0.15, -0.1) is 0 Å². The Balaban J connectivity index is 0.000000306. The van der Waals surface area contributed by atoms with Crippen molar-refractivity contribution in [1.29, 1.82) is 0 Å². The normalized spacial score (nSPS) is 25.8. The molecule has 2 aliphatic heterocycles. The topological polar surface area (TPSA) is 75.7 Å². The standard InChI is InChI=1S/C6H10O3.C6H8O2.Na/c7-6(8)5-3-1-2-4-9-5;7-5-6-3-1-2-4-8-6;/h5H,1-4H2,(H,7,8);2,4-6H,1,3H2;/q;;+1/p-1. The summed E-state index contributed by atoms with van der Waals surface area (Å²) in [6.07, 6.45) is 7.85. The molecular formula is C12H17NaO5. The monoisotopic (exact) mass is 264 g/mol. The number of hydrogen-bond donors (Lipinski definition) is 0. The molecule has 18 heavy (non-hydrogen) atoms. The zero-order chi connectivity index (χ0) is 12.5. The quantitative estimate of drug-likeness (QED) is 0.397. The summed E-state index contributed by atoms with van der Waals surface area (Å²) in [6.45, 7) is 0.568. The number of carbonyl (C=O) groups excluding carboxylic acids is 2. The van der Waals surface area contributed by atoms with E-state index < -0.39 is 12.1 Å². The molecule has 0 saturated carbocycles. The molecule has 5 nitrogen and oxygen atoms in total. The average Bonchev–Trinajstić information content (AvgIpc) is 2.41. The van der Waals surface area contributed by atoms with E-state index in [1.54, 1.807) is 6.26 Å². The molecule has 0 amide bonds. The third-order valence-electron chi connectivity index (χ3n) is 2.56. The summed E-state index contributed by atoms with van der Waals surface area (Å²) < 4.78 is 9.76. The van der Waals surface area contributed by atoms with E-state index in [4.69, 9.17) is 9.47 Å². The predicted molar refractivity (Wildman–Crippen MR) is 57.9 cm³/mol. The van der Waals surface area contributed by atoms with Gasteiger partial charge in [-0.25, -0.2) is 0 Å². The van der Waals surface area contributed by atoms with Gasteiger partial charge in [-0.05, 0) is 38.2 Å². The van der Waals surface area contributed by atoms with Crippen molar-refractivity contribution in [2.24, 2.45) is 0 Å². The Labute approximate surface area is 129 Å². The number of ether oxygens (including phenoxy) is 2. The maximum absolute atomic E-state index is 10.1. The fraction of sp³-hybridized carbons (Fsp3) is 0.667. The van der Waals surface area contributed by atoms with Gasteiger partial charge in [0.05, 0.1) is 18.3 Å². The molecule has 0 aromatic rings. The number of allylic oxidation sites excluding steroid dienone is 1. The smallest absolute Gasteiger partial charge is 0.547 e. The van der Waals surface area contributed by atoms with E-state index in [1.165, 1.54) is 0 Å². The van der Waals surface area contributed by atoms with E-state index in [0.29, 0.717) is 13.0 Å². The first-order chi connectivity index (χ1) is 8.24. The van der Waals surface area contributed by atoms with Crippen molar-refractivity contribution in [3.8, 4) is 0 Å². The summed E-state index contributed by atoms with van der Waals surface area (Å²) in [5, 5.41) is 10.1. The zero-order valence-electron chi connectivity index (χ0n) is 10.7. The van der Waals surface area contributed by atoms with Crippen molar-refractivity contribution in [1.82, 2.24) is 0 Å². The van der Waals surface area contributed by atoms with Crippen molar-refractivity contribution in [2.45, 2.75) is 44.3 Å². The Hall–Kier alpha value is -0.360. The fourth-order valence-electron chi connectivity index (χ4n) is 1.58. The number of hydrogen-bond acceptors (Lipinski definition) is 5. The van der Waals surface area contributed by atoms with Crippen molar-refractivity contribution in [2.75, 3.05) is 6.61 Å². The van der Waals surface area contributed by atoms with Crippen molar-refractivity contribution < 1.29 is 53.7 Å². The van der Waals surface area contributed by atoms with Crippen LogP contribution in [0.4, 0.5) is 0 Å². The van der Waals surface area contributed by atoms with E-state index >= 15 is 0 Å². The van der Waals surface area contributed by atoms with Crippen LogP contribution in [0.15, 0.2) is 12.3 Å². The van der Waals surface area contributed by atoms with E-state index in [-0.39, 0.29) is 35.7 Å². The van der Waals surface area contributed by atoms with Crippen LogP contribution in [0.2, 0.25) is 0 Å². The van der Waals surface area contributed by atoms with Crippen LogP contribution in [-0.4, -0.2) is 31.1 Å². The second-order valence-corrected chi connectivity index (χ2v) is 3.93. The molecule has 2 aliphatic rings. The first-order valence-electron chi connectivity index (χ1n) is 5.82. The van der Waals surface area contributed by atoms with E-state index in [9.17, 15) is 14.7 Å². The van der Waals surface area contributed by atoms with Gasteiger partial charge < -0.3 is 19.4 Å². The average molecular weight is 264 g/mol. The summed E-state index contributed by atoms with van der Waals surface area (Å²) in [6, 6.07) is 0. The molecule has 0 aromatic carbocycles. The molecule has 0 bridgehead atoms. The predicted octanol–water partition coefficient (Wildman–Crippen LogP) is -2.81. The van der Waals surface area contributed by atoms with E-state index in [1.807, 2.05) is 6.08 Å². The van der Waals surface area contributed by atoms with Crippen LogP contribution >= 0.6 is 0 Å². The molecule has 2 unspecified atom stereocenters. The molecule has 1 saturated heterocycles. The van der Waals surface area contributed by atoms with Crippen LogP contribution in [0.3, 0.4) is 0 Å². The first kappa shape index (κ1) is 17.6. The molecule has 0 aliphatic carbocycles. The molecule has 1 fully saturated rings. The molecule has 0 radical (unpaired) electrons. The largest absolute Gasteiger partial charge is 1.00 e. The van der Waals surface area contributed by atoms with Crippen LogP contribution < -0.4 is 34.7 Å². The molecular weight excluding hydrogens is 247 g/mol. The Kier molecular flexibility index (Phi) is 10.3. The van der Waals surface area contributed by atoms with Gasteiger partial charge in [0.2, 0.25) is 0 Å². The minimum atomic E-state index is -1.07. The Morgan fingerprint density at radius 2 is 2.11 bits per heavy atom. The molecule has 0 spiro atoms. The number of rotatable bonds is 2. The summed E-state index contributed by atoms with van der Waals surface area (Å²) in [5.74, 6) is -1.07. The minimum Gasteiger partial charge on any atom is -0.547 e. The SMILES string of the molecule is O=C([O-])C1CCCCO1.O=CC1CCC=CO1.[Na+]. The van der Waals surface area contributed by atoms with E-state index in [2.05, 4.69) is 0 Å². The zero-order valence-corrected chi connectivity index (χ0v) is 12.7. The molecule has 2 rings (SSSR count). The first-order valence-corrected chi connectivity index (χ1v) is 5.82. The van der Waals surface area contributed by atoms with Gasteiger partial charge in [-0.1, -0.05) is 0 Å². The van der Waals surface area contributed by atoms with Crippen LogP contribution in [0, 0.1) is 0 Å². The Morgan fingerprint density at radius 1 is 1.33 bits per heavy atom. The van der Waals surface area contributed by atoms with Gasteiger partial charge in [0.15, 0.2) is 12.4 Å². The van der Waals surface area contributed by atoms with Crippen LogP contribution in [0.1, 0.15) is 32.1 Å². The molecule has 96 valence electrons. The fourth-order valence-corrected chi connectivity index (χ4v) is 1.58.